The zero-order chi connectivity index (χ0) is 14.8. The molecule has 0 saturated heterocycles. The molecule has 0 bridgehead atoms. The summed E-state index contributed by atoms with van der Waals surface area (Å²) in [6.45, 7) is 4.54. The van der Waals surface area contributed by atoms with Crippen molar-refractivity contribution in [3.05, 3.63) is 30.5 Å². The lowest BCUT2D eigenvalue weighted by Crippen LogP contribution is -2.17. The minimum Gasteiger partial charge on any atom is -0.490 e. The fourth-order valence-corrected chi connectivity index (χ4v) is 3.23. The van der Waals surface area contributed by atoms with Gasteiger partial charge in [-0.25, -0.2) is 0 Å². The molecule has 2 aromatic rings. The Morgan fingerprint density at radius 2 is 2.05 bits per heavy atom. The normalized spacial score (nSPS) is 16.0. The number of ketones is 1. The highest BCUT2D eigenvalue weighted by molar-refractivity contribution is 5.89. The fraction of sp³-hybridized carbons (Fsp3) is 0.500. The Bertz CT molecular complexity index is 636. The van der Waals surface area contributed by atoms with Crippen LogP contribution in [-0.2, 0) is 11.3 Å². The van der Waals surface area contributed by atoms with E-state index in [-0.39, 0.29) is 12.0 Å². The number of ether oxygens (including phenoxy) is 1. The number of carbonyl (C=O) groups excluding carboxylic acids is 1. The summed E-state index contributed by atoms with van der Waals surface area (Å²) in [5, 5.41) is 1.09. The highest BCUT2D eigenvalue weighted by Gasteiger charge is 2.23. The van der Waals surface area contributed by atoms with Gasteiger partial charge < -0.3 is 9.30 Å². The summed E-state index contributed by atoms with van der Waals surface area (Å²) in [6, 6.07) is 8.10. The van der Waals surface area contributed by atoms with Crippen molar-refractivity contribution in [2.75, 3.05) is 0 Å². The third-order valence-corrected chi connectivity index (χ3v) is 4.27. The topological polar surface area (TPSA) is 31.2 Å². The van der Waals surface area contributed by atoms with Crippen molar-refractivity contribution in [1.29, 1.82) is 0 Å². The molecule has 1 fully saturated rings. The third kappa shape index (κ3) is 2.97. The van der Waals surface area contributed by atoms with Gasteiger partial charge in [0.25, 0.3) is 0 Å². The van der Waals surface area contributed by atoms with Crippen LogP contribution in [0.15, 0.2) is 30.5 Å². The molecule has 0 atom stereocenters. The number of aromatic nitrogens is 1. The number of hydrogen-bond acceptors (Lipinski definition) is 2. The van der Waals surface area contributed by atoms with Gasteiger partial charge in [-0.1, -0.05) is 18.9 Å². The first-order valence-electron chi connectivity index (χ1n) is 7.92. The van der Waals surface area contributed by atoms with E-state index in [0.717, 1.165) is 29.5 Å². The van der Waals surface area contributed by atoms with Gasteiger partial charge in [-0.15, -0.1) is 0 Å². The summed E-state index contributed by atoms with van der Waals surface area (Å²) in [5.41, 5.74) is 1.08. The lowest BCUT2D eigenvalue weighted by atomic mass is 10.0. The summed E-state index contributed by atoms with van der Waals surface area (Å²) in [5.74, 6) is 1.55. The van der Waals surface area contributed by atoms with Gasteiger partial charge in [-0.2, -0.15) is 0 Å². The monoisotopic (exact) mass is 285 g/mol. The molecular formula is C18H23NO2. The summed E-state index contributed by atoms with van der Waals surface area (Å²) in [7, 11) is 0. The number of fused-ring (bicyclic) bond motifs is 1. The Hall–Kier alpha value is -1.77. The first kappa shape index (κ1) is 14.2. The Morgan fingerprint density at radius 1 is 1.29 bits per heavy atom. The maximum absolute atomic E-state index is 12.4. The van der Waals surface area contributed by atoms with E-state index >= 15 is 0 Å². The Kier molecular flexibility index (Phi) is 4.00. The van der Waals surface area contributed by atoms with Crippen LogP contribution in [0.1, 0.15) is 39.5 Å². The molecule has 0 unspecified atom stereocenters. The van der Waals surface area contributed by atoms with Crippen molar-refractivity contribution < 1.29 is 9.53 Å². The molecular weight excluding hydrogens is 262 g/mol. The van der Waals surface area contributed by atoms with Crippen molar-refractivity contribution in [3.63, 3.8) is 0 Å². The van der Waals surface area contributed by atoms with Gasteiger partial charge in [0, 0.05) is 17.5 Å². The average molecular weight is 285 g/mol. The van der Waals surface area contributed by atoms with Gasteiger partial charge in [-0.05, 0) is 44.9 Å². The summed E-state index contributed by atoms with van der Waals surface area (Å²) >= 11 is 0. The molecule has 0 aliphatic heterocycles. The van der Waals surface area contributed by atoms with Gasteiger partial charge in [0.2, 0.25) is 0 Å². The molecule has 1 aliphatic rings. The molecule has 0 spiro atoms. The Morgan fingerprint density at radius 3 is 2.76 bits per heavy atom. The molecule has 21 heavy (non-hydrogen) atoms. The average Bonchev–Trinajstić information content (AvgIpc) is 3.08. The first-order valence-corrected chi connectivity index (χ1v) is 7.92. The van der Waals surface area contributed by atoms with E-state index in [1.165, 1.54) is 12.8 Å². The second kappa shape index (κ2) is 5.92. The lowest BCUT2D eigenvalue weighted by molar-refractivity contribution is -0.123. The lowest BCUT2D eigenvalue weighted by Gasteiger charge is -2.12. The number of benzene rings is 1. The van der Waals surface area contributed by atoms with Crippen molar-refractivity contribution in [3.8, 4) is 5.75 Å². The Labute approximate surface area is 125 Å². The molecule has 0 amide bonds. The molecule has 3 rings (SSSR count). The van der Waals surface area contributed by atoms with Gasteiger partial charge in [0.1, 0.15) is 5.75 Å². The van der Waals surface area contributed by atoms with Crippen molar-refractivity contribution in [2.24, 2.45) is 5.92 Å². The molecule has 1 heterocycles. The van der Waals surface area contributed by atoms with E-state index in [4.69, 9.17) is 4.74 Å². The first-order chi connectivity index (χ1) is 10.1. The van der Waals surface area contributed by atoms with Crippen molar-refractivity contribution >= 4 is 16.7 Å². The van der Waals surface area contributed by atoms with Crippen LogP contribution in [0, 0.1) is 5.92 Å². The van der Waals surface area contributed by atoms with E-state index < -0.39 is 0 Å². The standard InChI is InChI=1S/C18H23NO2/c1-13(2)21-18-9-5-8-16-15(18)10-11-19(16)12-17(20)14-6-3-4-7-14/h5,8-11,13-14H,3-4,6-7,12H2,1-2H3. The molecule has 0 radical (unpaired) electrons. The second-order valence-corrected chi connectivity index (χ2v) is 6.25. The fourth-order valence-electron chi connectivity index (χ4n) is 3.23. The zero-order valence-electron chi connectivity index (χ0n) is 12.8. The van der Waals surface area contributed by atoms with E-state index in [0.29, 0.717) is 12.3 Å². The van der Waals surface area contributed by atoms with Gasteiger partial charge >= 0.3 is 0 Å². The van der Waals surface area contributed by atoms with E-state index in [2.05, 4.69) is 16.7 Å². The molecule has 1 aromatic heterocycles. The number of carbonyl (C=O) groups is 1. The van der Waals surface area contributed by atoms with Crippen molar-refractivity contribution in [2.45, 2.75) is 52.2 Å². The van der Waals surface area contributed by atoms with Crippen LogP contribution in [0.2, 0.25) is 0 Å². The molecule has 1 aliphatic carbocycles. The maximum Gasteiger partial charge on any atom is 0.155 e. The summed E-state index contributed by atoms with van der Waals surface area (Å²) in [6.07, 6.45) is 6.70. The van der Waals surface area contributed by atoms with Gasteiger partial charge in [0.15, 0.2) is 5.78 Å². The number of hydrogen-bond donors (Lipinski definition) is 0. The van der Waals surface area contributed by atoms with E-state index in [1.807, 2.05) is 32.2 Å². The minimum atomic E-state index is 0.152. The van der Waals surface area contributed by atoms with E-state index in [9.17, 15) is 4.79 Å². The molecule has 1 saturated carbocycles. The third-order valence-electron chi connectivity index (χ3n) is 4.27. The van der Waals surface area contributed by atoms with Gasteiger partial charge in [0.05, 0.1) is 18.2 Å². The van der Waals surface area contributed by atoms with Crippen LogP contribution in [0.4, 0.5) is 0 Å². The number of Topliss-reactive ketones (excluding diaryl/α,β-unsaturated/α-hetero) is 1. The summed E-state index contributed by atoms with van der Waals surface area (Å²) in [4.78, 5) is 12.4. The maximum atomic E-state index is 12.4. The number of rotatable bonds is 5. The predicted molar refractivity (Wildman–Crippen MR) is 84.7 cm³/mol. The summed E-state index contributed by atoms with van der Waals surface area (Å²) < 4.78 is 7.91. The SMILES string of the molecule is CC(C)Oc1cccc2c1ccn2CC(=O)C1CCCC1. The minimum absolute atomic E-state index is 0.152. The van der Waals surface area contributed by atoms with Gasteiger partial charge in [-0.3, -0.25) is 4.79 Å². The molecule has 1 aromatic carbocycles. The smallest absolute Gasteiger partial charge is 0.155 e. The zero-order valence-corrected chi connectivity index (χ0v) is 12.8. The van der Waals surface area contributed by atoms with Crippen LogP contribution in [-0.4, -0.2) is 16.5 Å². The number of nitrogens with zero attached hydrogens (tertiary/aromatic N) is 1. The predicted octanol–water partition coefficient (Wildman–Crippen LogP) is 4.19. The molecule has 3 nitrogen and oxygen atoms in total. The molecule has 3 heteroatoms. The quantitative estimate of drug-likeness (QED) is 0.825. The van der Waals surface area contributed by atoms with Crippen LogP contribution in [0.25, 0.3) is 10.9 Å². The highest BCUT2D eigenvalue weighted by Crippen LogP contribution is 2.29. The largest absolute Gasteiger partial charge is 0.490 e. The van der Waals surface area contributed by atoms with Crippen LogP contribution in [0.3, 0.4) is 0 Å². The van der Waals surface area contributed by atoms with Crippen molar-refractivity contribution in [1.82, 2.24) is 4.57 Å². The molecule has 0 N–H and O–H groups in total. The molecule has 112 valence electrons. The highest BCUT2D eigenvalue weighted by atomic mass is 16.5. The Balaban J connectivity index is 1.84. The second-order valence-electron chi connectivity index (χ2n) is 6.25. The van der Waals surface area contributed by atoms with Crippen LogP contribution >= 0.6 is 0 Å². The van der Waals surface area contributed by atoms with E-state index in [1.54, 1.807) is 0 Å². The van der Waals surface area contributed by atoms with Crippen LogP contribution < -0.4 is 4.74 Å². The van der Waals surface area contributed by atoms with Crippen LogP contribution in [0.5, 0.6) is 5.75 Å².